The van der Waals surface area contributed by atoms with Gasteiger partial charge < -0.3 is 52.9 Å². The van der Waals surface area contributed by atoms with E-state index in [-0.39, 0.29) is 18.3 Å². The maximum atomic E-state index is 11.0. The zero-order valence-corrected chi connectivity index (χ0v) is 27.6. The molecule has 2 saturated heterocycles. The molecule has 2 aromatic carbocycles. The summed E-state index contributed by atoms with van der Waals surface area (Å²) in [4.78, 5) is 0. The summed E-state index contributed by atoms with van der Waals surface area (Å²) < 4.78 is 47.4. The summed E-state index contributed by atoms with van der Waals surface area (Å²) in [5.74, 6) is 0. The van der Waals surface area contributed by atoms with Crippen molar-refractivity contribution in [1.82, 2.24) is 0 Å². The van der Waals surface area contributed by atoms with Crippen LogP contribution in [0.15, 0.2) is 60.7 Å². The van der Waals surface area contributed by atoms with Gasteiger partial charge in [-0.1, -0.05) is 81.4 Å². The summed E-state index contributed by atoms with van der Waals surface area (Å²) in [5, 5.41) is 34.5. The molecule has 2 heterocycles. The molecule has 246 valence electrons. The molecule has 44 heavy (non-hydrogen) atoms. The lowest BCUT2D eigenvalue weighted by atomic mass is 9.98. The fourth-order valence-electron chi connectivity index (χ4n) is 6.35. The highest BCUT2D eigenvalue weighted by Gasteiger charge is 2.53. The second-order valence-electron chi connectivity index (χ2n) is 12.2. The Morgan fingerprint density at radius 3 is 1.61 bits per heavy atom. The number of ether oxygens (including phenoxy) is 7. The zero-order chi connectivity index (χ0) is 32.1. The molecule has 0 aliphatic carbocycles. The predicted octanol–water partition coefficient (Wildman–Crippen LogP) is 0.804. The normalized spacial score (nSPS) is 33.3. The Hall–Kier alpha value is -1.78. The Labute approximate surface area is 261 Å². The number of hydrogen-bond donors (Lipinski definition) is 3. The Bertz CT molecular complexity index is 1090. The maximum absolute atomic E-state index is 11.0. The average Bonchev–Trinajstić information content (AvgIpc) is 3.03. The van der Waals surface area contributed by atoms with Gasteiger partial charge in [-0.3, -0.25) is 0 Å². The van der Waals surface area contributed by atoms with Gasteiger partial charge in [0.15, 0.2) is 12.6 Å². The molecule has 2 fully saturated rings. The van der Waals surface area contributed by atoms with E-state index in [9.17, 15) is 15.3 Å². The molecule has 10 atom stereocenters. The summed E-state index contributed by atoms with van der Waals surface area (Å²) in [6, 6.07) is 20.2. The highest BCUT2D eigenvalue weighted by atomic mass is 28.4. The van der Waals surface area contributed by atoms with Gasteiger partial charge in [0.2, 0.25) is 0 Å². The number of aliphatic hydroxyl groups excluding tert-OH is 3. The van der Waals surface area contributed by atoms with Crippen LogP contribution in [0.5, 0.6) is 0 Å². The van der Waals surface area contributed by atoms with Crippen LogP contribution in [0, 0.1) is 0 Å². The molecule has 0 radical (unpaired) electrons. The van der Waals surface area contributed by atoms with Crippen molar-refractivity contribution in [2.24, 2.45) is 0 Å². The van der Waals surface area contributed by atoms with Crippen molar-refractivity contribution in [3.05, 3.63) is 60.7 Å². The van der Waals surface area contributed by atoms with Crippen LogP contribution in [-0.4, -0.2) is 127 Å². The topological polar surface area (TPSA) is 135 Å². The molecule has 0 unspecified atom stereocenters. The Morgan fingerprint density at radius 1 is 0.614 bits per heavy atom. The van der Waals surface area contributed by atoms with Crippen LogP contribution < -0.4 is 10.4 Å². The fraction of sp³-hybridized carbons (Fsp3) is 0.625. The van der Waals surface area contributed by atoms with Crippen LogP contribution in [-0.2, 0) is 37.6 Å². The molecule has 2 aliphatic heterocycles. The minimum atomic E-state index is -2.97. The van der Waals surface area contributed by atoms with E-state index in [2.05, 4.69) is 45.0 Å². The smallest absolute Gasteiger partial charge is 0.261 e. The highest BCUT2D eigenvalue weighted by molar-refractivity contribution is 6.99. The number of aliphatic hydroxyl groups is 3. The quantitative estimate of drug-likeness (QED) is 0.286. The van der Waals surface area contributed by atoms with Crippen molar-refractivity contribution < 1.29 is 52.9 Å². The fourth-order valence-corrected chi connectivity index (χ4v) is 10.9. The minimum absolute atomic E-state index is 0.0499. The second kappa shape index (κ2) is 15.2. The Balaban J connectivity index is 1.55. The van der Waals surface area contributed by atoms with Crippen molar-refractivity contribution in [2.75, 3.05) is 41.7 Å². The van der Waals surface area contributed by atoms with E-state index in [4.69, 9.17) is 37.6 Å². The largest absolute Gasteiger partial charge is 0.405 e. The molecule has 0 aromatic heterocycles. The standard InChI is InChI=1S/C32H48O11Si/c1-32(2,3)44(20-14-10-8-11-15-20,21-16-12-9-13-17-21)41-19-22-24(33)25(34)26(35)30(42-22)40-18-23-27(36-4)28(37-5)29(38-6)31(39-7)43-23/h8-17,22-31,33-35H,18-19H2,1-7H3/t22-,23-,24-,25+,26+,27-,28+,29-,30+,31+/m1/s1. The molecule has 2 aliphatic rings. The lowest BCUT2D eigenvalue weighted by Gasteiger charge is -2.46. The lowest BCUT2D eigenvalue weighted by molar-refractivity contribution is -0.333. The third-order valence-electron chi connectivity index (χ3n) is 8.61. The van der Waals surface area contributed by atoms with E-state index >= 15 is 0 Å². The lowest BCUT2D eigenvalue weighted by Crippen LogP contribution is -2.68. The number of benzene rings is 2. The van der Waals surface area contributed by atoms with E-state index in [1.54, 1.807) is 7.11 Å². The van der Waals surface area contributed by atoms with Crippen LogP contribution in [0.2, 0.25) is 5.04 Å². The zero-order valence-electron chi connectivity index (χ0n) is 26.6. The van der Waals surface area contributed by atoms with E-state index in [0.717, 1.165) is 10.4 Å². The predicted molar refractivity (Wildman–Crippen MR) is 164 cm³/mol. The van der Waals surface area contributed by atoms with Crippen molar-refractivity contribution in [1.29, 1.82) is 0 Å². The summed E-state index contributed by atoms with van der Waals surface area (Å²) in [5.41, 5.74) is 0. The summed E-state index contributed by atoms with van der Waals surface area (Å²) in [6.45, 7) is 6.29. The van der Waals surface area contributed by atoms with Gasteiger partial charge in [-0.05, 0) is 15.4 Å². The number of methoxy groups -OCH3 is 4. The Kier molecular flexibility index (Phi) is 12.1. The van der Waals surface area contributed by atoms with E-state index in [1.807, 2.05) is 36.4 Å². The first-order chi connectivity index (χ1) is 21.0. The van der Waals surface area contributed by atoms with Gasteiger partial charge in [0, 0.05) is 28.4 Å². The molecule has 0 bridgehead atoms. The van der Waals surface area contributed by atoms with Crippen LogP contribution >= 0.6 is 0 Å². The third-order valence-corrected chi connectivity index (χ3v) is 13.6. The van der Waals surface area contributed by atoms with Crippen molar-refractivity contribution >= 4 is 18.7 Å². The molecular weight excluding hydrogens is 588 g/mol. The minimum Gasteiger partial charge on any atom is -0.405 e. The first kappa shape index (κ1) is 35.1. The van der Waals surface area contributed by atoms with Gasteiger partial charge in [-0.25, -0.2) is 0 Å². The summed E-state index contributed by atoms with van der Waals surface area (Å²) >= 11 is 0. The van der Waals surface area contributed by atoms with Gasteiger partial charge >= 0.3 is 0 Å². The monoisotopic (exact) mass is 636 g/mol. The molecular formula is C32H48O11Si. The molecule has 0 amide bonds. The van der Waals surface area contributed by atoms with Gasteiger partial charge in [-0.2, -0.15) is 0 Å². The first-order valence-corrected chi connectivity index (χ1v) is 16.8. The SMILES string of the molecule is CO[C@H]1O[C@H](CO[C@H]2O[C@H](CO[Si](c3ccccc3)(c3ccccc3)C(C)(C)C)[C@@H](O)[C@H](O)[C@@H]2O)[C@@H](OC)[C@H](OC)[C@H]1OC. The van der Waals surface area contributed by atoms with E-state index in [1.165, 1.54) is 21.3 Å². The van der Waals surface area contributed by atoms with Gasteiger partial charge in [-0.15, -0.1) is 0 Å². The molecule has 2 aromatic rings. The molecule has 3 N–H and O–H groups in total. The van der Waals surface area contributed by atoms with E-state index in [0.29, 0.717) is 0 Å². The van der Waals surface area contributed by atoms with Crippen LogP contribution in [0.3, 0.4) is 0 Å². The number of hydrogen-bond acceptors (Lipinski definition) is 11. The van der Waals surface area contributed by atoms with Gasteiger partial charge in [0.1, 0.15) is 48.8 Å². The molecule has 0 spiro atoms. The van der Waals surface area contributed by atoms with Crippen LogP contribution in [0.1, 0.15) is 20.8 Å². The van der Waals surface area contributed by atoms with Crippen LogP contribution in [0.25, 0.3) is 0 Å². The van der Waals surface area contributed by atoms with Gasteiger partial charge in [0.05, 0.1) is 13.2 Å². The van der Waals surface area contributed by atoms with Gasteiger partial charge in [0.25, 0.3) is 8.32 Å². The molecule has 12 heteroatoms. The maximum Gasteiger partial charge on any atom is 0.261 e. The van der Waals surface area contributed by atoms with Crippen molar-refractivity contribution in [2.45, 2.75) is 87.2 Å². The second-order valence-corrected chi connectivity index (χ2v) is 16.5. The molecule has 11 nitrogen and oxygen atoms in total. The highest BCUT2D eigenvalue weighted by Crippen LogP contribution is 2.37. The number of rotatable bonds is 12. The average molecular weight is 637 g/mol. The van der Waals surface area contributed by atoms with Crippen molar-refractivity contribution in [3.63, 3.8) is 0 Å². The third kappa shape index (κ3) is 6.97. The van der Waals surface area contributed by atoms with E-state index < -0.39 is 69.7 Å². The van der Waals surface area contributed by atoms with Crippen molar-refractivity contribution in [3.8, 4) is 0 Å². The Morgan fingerprint density at radius 2 is 1.14 bits per heavy atom. The molecule has 0 saturated carbocycles. The van der Waals surface area contributed by atoms with Crippen LogP contribution in [0.4, 0.5) is 0 Å². The molecule has 4 rings (SSSR count). The summed E-state index contributed by atoms with van der Waals surface area (Å²) in [7, 11) is 3.13. The summed E-state index contributed by atoms with van der Waals surface area (Å²) in [6.07, 6.45) is -9.90. The first-order valence-electron chi connectivity index (χ1n) is 14.9.